The molecule has 0 N–H and O–H groups in total. The minimum Gasteiger partial charge on any atom is -0.351 e. The maximum Gasteiger partial charge on any atom is 0.183 e. The van der Waals surface area contributed by atoms with Gasteiger partial charge in [0.1, 0.15) is 6.07 Å². The van der Waals surface area contributed by atoms with E-state index in [1.54, 1.807) is 12.3 Å². The topological polar surface area (TPSA) is 52.8 Å². The molecule has 0 unspecified atom stereocenters. The van der Waals surface area contributed by atoms with E-state index in [4.69, 9.17) is 5.26 Å². The predicted molar refractivity (Wildman–Crippen MR) is 54.8 cm³/mol. The second-order valence-corrected chi connectivity index (χ2v) is 2.67. The Labute approximate surface area is 83.5 Å². The Morgan fingerprint density at radius 3 is 2.86 bits per heavy atom. The van der Waals surface area contributed by atoms with Gasteiger partial charge >= 0.3 is 0 Å². The molecule has 0 bridgehead atoms. The number of anilines is 1. The second-order valence-electron chi connectivity index (χ2n) is 2.67. The Balaban J connectivity index is 3.03. The molecule has 4 heteroatoms. The van der Waals surface area contributed by atoms with Crippen molar-refractivity contribution >= 4 is 5.82 Å². The molecular weight excluding hydrogens is 176 g/mol. The summed E-state index contributed by atoms with van der Waals surface area (Å²) in [4.78, 5) is 10.0. The van der Waals surface area contributed by atoms with E-state index in [1.165, 1.54) is 6.20 Å². The molecule has 0 aliphatic heterocycles. The number of likely N-dealkylation sites (N-methyl/N-ethyl adjacent to an activating group) is 1. The van der Waals surface area contributed by atoms with Gasteiger partial charge in [-0.1, -0.05) is 6.08 Å². The van der Waals surface area contributed by atoms with Gasteiger partial charge in [-0.05, 0) is 6.92 Å². The summed E-state index contributed by atoms with van der Waals surface area (Å²) in [6, 6.07) is 2.02. The van der Waals surface area contributed by atoms with Crippen LogP contribution in [0.25, 0.3) is 0 Å². The largest absolute Gasteiger partial charge is 0.351 e. The summed E-state index contributed by atoms with van der Waals surface area (Å²) in [5.74, 6) is 0.623. The summed E-state index contributed by atoms with van der Waals surface area (Å²) in [6.07, 6.45) is 4.88. The summed E-state index contributed by atoms with van der Waals surface area (Å²) in [6.45, 7) is 7.10. The maximum atomic E-state index is 8.83. The van der Waals surface area contributed by atoms with Gasteiger partial charge in [-0.15, -0.1) is 6.58 Å². The van der Waals surface area contributed by atoms with Gasteiger partial charge in [-0.3, -0.25) is 0 Å². The van der Waals surface area contributed by atoms with Crippen LogP contribution in [0.1, 0.15) is 12.6 Å². The zero-order chi connectivity index (χ0) is 10.4. The molecule has 0 aliphatic carbocycles. The summed E-state index contributed by atoms with van der Waals surface area (Å²) in [7, 11) is 0. The zero-order valence-corrected chi connectivity index (χ0v) is 8.14. The average molecular weight is 188 g/mol. The Morgan fingerprint density at radius 1 is 1.57 bits per heavy atom. The minimum absolute atomic E-state index is 0.358. The van der Waals surface area contributed by atoms with Crippen molar-refractivity contribution in [3.8, 4) is 6.07 Å². The molecule has 72 valence electrons. The van der Waals surface area contributed by atoms with Crippen molar-refractivity contribution in [2.24, 2.45) is 0 Å². The van der Waals surface area contributed by atoms with E-state index in [9.17, 15) is 0 Å². The maximum absolute atomic E-state index is 8.83. The molecule has 14 heavy (non-hydrogen) atoms. The highest BCUT2D eigenvalue weighted by atomic mass is 15.2. The fourth-order valence-electron chi connectivity index (χ4n) is 1.16. The van der Waals surface area contributed by atoms with Crippen LogP contribution in [-0.4, -0.2) is 23.1 Å². The first-order chi connectivity index (χ1) is 6.83. The molecule has 0 saturated heterocycles. The highest BCUT2D eigenvalue weighted by Crippen LogP contribution is 2.12. The number of hydrogen-bond donors (Lipinski definition) is 0. The molecule has 0 fully saturated rings. The van der Waals surface area contributed by atoms with Gasteiger partial charge in [0, 0.05) is 25.5 Å². The smallest absolute Gasteiger partial charge is 0.183 e. The second kappa shape index (κ2) is 4.97. The molecule has 0 radical (unpaired) electrons. The van der Waals surface area contributed by atoms with Crippen LogP contribution in [0.3, 0.4) is 0 Å². The molecule has 1 rings (SSSR count). The third kappa shape index (κ3) is 2.07. The fraction of sp³-hybridized carbons (Fsp3) is 0.300. The summed E-state index contributed by atoms with van der Waals surface area (Å²) in [5, 5.41) is 8.83. The Kier molecular flexibility index (Phi) is 3.62. The number of nitrogens with zero attached hydrogens (tertiary/aromatic N) is 4. The van der Waals surface area contributed by atoms with Crippen molar-refractivity contribution in [2.75, 3.05) is 18.0 Å². The molecule has 0 saturated carbocycles. The van der Waals surface area contributed by atoms with Crippen LogP contribution < -0.4 is 4.90 Å². The van der Waals surface area contributed by atoms with Crippen molar-refractivity contribution in [1.82, 2.24) is 9.97 Å². The number of rotatable bonds is 4. The van der Waals surface area contributed by atoms with Gasteiger partial charge in [-0.25, -0.2) is 9.97 Å². The lowest BCUT2D eigenvalue weighted by Gasteiger charge is -2.19. The van der Waals surface area contributed by atoms with Crippen LogP contribution >= 0.6 is 0 Å². The molecule has 0 spiro atoms. The Morgan fingerprint density at radius 2 is 2.29 bits per heavy atom. The molecule has 1 heterocycles. The molecule has 0 aromatic carbocycles. The highest BCUT2D eigenvalue weighted by molar-refractivity contribution is 5.49. The molecule has 0 amide bonds. The molecular formula is C10H12N4. The normalized spacial score (nSPS) is 9.14. The minimum atomic E-state index is 0.358. The van der Waals surface area contributed by atoms with E-state index >= 15 is 0 Å². The lowest BCUT2D eigenvalue weighted by molar-refractivity contribution is 0.871. The first-order valence-corrected chi connectivity index (χ1v) is 4.40. The predicted octanol–water partition coefficient (Wildman–Crippen LogP) is 1.36. The van der Waals surface area contributed by atoms with E-state index in [2.05, 4.69) is 16.5 Å². The number of hydrogen-bond acceptors (Lipinski definition) is 4. The monoisotopic (exact) mass is 188 g/mol. The summed E-state index contributed by atoms with van der Waals surface area (Å²) in [5.41, 5.74) is 0.358. The van der Waals surface area contributed by atoms with Crippen LogP contribution in [0.2, 0.25) is 0 Å². The van der Waals surface area contributed by atoms with E-state index in [0.29, 0.717) is 18.1 Å². The van der Waals surface area contributed by atoms with Gasteiger partial charge in [0.2, 0.25) is 0 Å². The first-order valence-electron chi connectivity index (χ1n) is 4.40. The van der Waals surface area contributed by atoms with Crippen LogP contribution in [0.15, 0.2) is 25.0 Å². The zero-order valence-electron chi connectivity index (χ0n) is 8.14. The van der Waals surface area contributed by atoms with Gasteiger partial charge in [-0.2, -0.15) is 5.26 Å². The molecule has 0 atom stereocenters. The van der Waals surface area contributed by atoms with E-state index in [0.717, 1.165) is 6.54 Å². The lowest BCUT2D eigenvalue weighted by Crippen LogP contribution is -2.24. The Bertz CT molecular complexity index is 353. The molecule has 0 aliphatic rings. The summed E-state index contributed by atoms with van der Waals surface area (Å²) >= 11 is 0. The third-order valence-electron chi connectivity index (χ3n) is 1.82. The van der Waals surface area contributed by atoms with Crippen molar-refractivity contribution in [3.05, 3.63) is 30.7 Å². The molecule has 1 aromatic rings. The van der Waals surface area contributed by atoms with Crippen LogP contribution in [-0.2, 0) is 0 Å². The number of aromatic nitrogens is 2. The standard InChI is InChI=1S/C10H12N4/c1-3-7-14(4-2)10-9(8-11)12-5-6-13-10/h3,5-6H,1,4,7H2,2H3. The van der Waals surface area contributed by atoms with Gasteiger partial charge in [0.05, 0.1) is 0 Å². The third-order valence-corrected chi connectivity index (χ3v) is 1.82. The van der Waals surface area contributed by atoms with Gasteiger partial charge in [0.15, 0.2) is 11.5 Å². The van der Waals surface area contributed by atoms with Crippen LogP contribution in [0, 0.1) is 11.3 Å². The van der Waals surface area contributed by atoms with Crippen LogP contribution in [0.4, 0.5) is 5.82 Å². The molecule has 1 aromatic heterocycles. The van der Waals surface area contributed by atoms with Gasteiger partial charge < -0.3 is 4.90 Å². The fourth-order valence-corrected chi connectivity index (χ4v) is 1.16. The Hall–Kier alpha value is -1.89. The van der Waals surface area contributed by atoms with E-state index in [-0.39, 0.29) is 0 Å². The van der Waals surface area contributed by atoms with Crippen molar-refractivity contribution in [1.29, 1.82) is 5.26 Å². The summed E-state index contributed by atoms with van der Waals surface area (Å²) < 4.78 is 0. The van der Waals surface area contributed by atoms with E-state index < -0.39 is 0 Å². The van der Waals surface area contributed by atoms with Crippen molar-refractivity contribution < 1.29 is 0 Å². The van der Waals surface area contributed by atoms with Gasteiger partial charge in [0.25, 0.3) is 0 Å². The number of nitriles is 1. The van der Waals surface area contributed by atoms with Crippen molar-refractivity contribution in [2.45, 2.75) is 6.92 Å². The SMILES string of the molecule is C=CCN(CC)c1nccnc1C#N. The average Bonchev–Trinajstić information content (AvgIpc) is 2.26. The molecule has 4 nitrogen and oxygen atoms in total. The first kappa shape index (κ1) is 10.2. The van der Waals surface area contributed by atoms with Crippen LogP contribution in [0.5, 0.6) is 0 Å². The van der Waals surface area contributed by atoms with E-state index in [1.807, 2.05) is 17.9 Å². The quantitative estimate of drug-likeness (QED) is 0.669. The highest BCUT2D eigenvalue weighted by Gasteiger charge is 2.09. The lowest BCUT2D eigenvalue weighted by atomic mass is 10.3. The van der Waals surface area contributed by atoms with Crippen molar-refractivity contribution in [3.63, 3.8) is 0 Å².